The largest absolute Gasteiger partial charge is 0.332 e. The smallest absolute Gasteiger partial charge is 0.280 e. The molecule has 0 aliphatic carbocycles. The second-order valence-corrected chi connectivity index (χ2v) is 6.52. The Kier molecular flexibility index (Phi) is 4.79. The highest BCUT2D eigenvalue weighted by Gasteiger charge is 2.18. The molecule has 10 heteroatoms. The molecule has 0 spiro atoms. The molecule has 3 rings (SSSR count). The predicted octanol–water partition coefficient (Wildman–Crippen LogP) is 1.33. The summed E-state index contributed by atoms with van der Waals surface area (Å²) in [5.41, 5.74) is -0.657. The fourth-order valence-corrected chi connectivity index (χ4v) is 3.23. The van der Waals surface area contributed by atoms with Gasteiger partial charge in [0.05, 0.1) is 10.7 Å². The Hall–Kier alpha value is -3.45. The van der Waals surface area contributed by atoms with Crippen LogP contribution in [0.2, 0.25) is 0 Å². The molecular formula is C17H13N5O4S. The summed E-state index contributed by atoms with van der Waals surface area (Å²) in [7, 11) is 2.86. The van der Waals surface area contributed by atoms with E-state index in [1.807, 2.05) is 0 Å². The van der Waals surface area contributed by atoms with Crippen molar-refractivity contribution in [3.05, 3.63) is 55.2 Å². The number of non-ortho nitro benzene ring substituents is 1. The lowest BCUT2D eigenvalue weighted by atomic mass is 10.2. The number of rotatable bonds is 4. The van der Waals surface area contributed by atoms with Gasteiger partial charge in [0, 0.05) is 31.8 Å². The lowest BCUT2D eigenvalue weighted by Gasteiger charge is -2.11. The molecule has 0 amide bonds. The fourth-order valence-electron chi connectivity index (χ4n) is 2.53. The lowest BCUT2D eigenvalue weighted by Crippen LogP contribution is -2.37. The average Bonchev–Trinajstić information content (AvgIpc) is 2.68. The van der Waals surface area contributed by atoms with Crippen LogP contribution >= 0.6 is 11.8 Å². The summed E-state index contributed by atoms with van der Waals surface area (Å²) in [5.74, 6) is 2.88. The van der Waals surface area contributed by atoms with Gasteiger partial charge in [0.25, 0.3) is 11.2 Å². The molecule has 0 fully saturated rings. The molecule has 0 saturated heterocycles. The topological polar surface area (TPSA) is 113 Å². The summed E-state index contributed by atoms with van der Waals surface area (Å²) < 4.78 is 2.21. The van der Waals surface area contributed by atoms with Gasteiger partial charge >= 0.3 is 5.69 Å². The van der Waals surface area contributed by atoms with Crippen LogP contribution in [0.1, 0.15) is 0 Å². The third kappa shape index (κ3) is 3.20. The summed E-state index contributed by atoms with van der Waals surface area (Å²) in [6.07, 6.45) is 5.32. The molecule has 0 atom stereocenters. The molecular weight excluding hydrogens is 370 g/mol. The minimum atomic E-state index is -0.538. The maximum absolute atomic E-state index is 12.6. The minimum absolute atomic E-state index is 0.119. The second kappa shape index (κ2) is 7.05. The molecule has 2 heterocycles. The van der Waals surface area contributed by atoms with Gasteiger partial charge in [0.2, 0.25) is 0 Å². The number of hydrogen-bond acceptors (Lipinski definition) is 7. The Labute approximate surface area is 156 Å². The molecule has 136 valence electrons. The van der Waals surface area contributed by atoms with E-state index < -0.39 is 16.2 Å². The van der Waals surface area contributed by atoms with Crippen LogP contribution < -0.4 is 11.2 Å². The molecule has 0 bridgehead atoms. The number of benzene rings is 1. The van der Waals surface area contributed by atoms with E-state index in [1.165, 1.54) is 36.9 Å². The zero-order chi connectivity index (χ0) is 19.7. The van der Waals surface area contributed by atoms with Crippen LogP contribution in [0.4, 0.5) is 5.69 Å². The van der Waals surface area contributed by atoms with E-state index in [2.05, 4.69) is 15.9 Å². The summed E-state index contributed by atoms with van der Waals surface area (Å²) >= 11 is 1.16. The number of nitrogens with zero attached hydrogens (tertiary/aromatic N) is 5. The maximum Gasteiger partial charge on any atom is 0.332 e. The van der Waals surface area contributed by atoms with Crippen molar-refractivity contribution in [1.29, 1.82) is 0 Å². The van der Waals surface area contributed by atoms with Gasteiger partial charge in [-0.05, 0) is 0 Å². The maximum atomic E-state index is 12.6. The minimum Gasteiger partial charge on any atom is -0.280 e. The molecule has 0 aliphatic rings. The van der Waals surface area contributed by atoms with Gasteiger partial charge in [0.1, 0.15) is 10.4 Å². The highest BCUT2D eigenvalue weighted by molar-refractivity contribution is 7.99. The van der Waals surface area contributed by atoms with Crippen LogP contribution in [0.25, 0.3) is 22.4 Å². The number of thioether (sulfide) groups is 1. The molecule has 0 N–H and O–H groups in total. The van der Waals surface area contributed by atoms with Crippen molar-refractivity contribution in [3.63, 3.8) is 0 Å². The molecule has 9 nitrogen and oxygen atoms in total. The van der Waals surface area contributed by atoms with E-state index >= 15 is 0 Å². The fraction of sp³-hybridized carbons (Fsp3) is 0.176. The van der Waals surface area contributed by atoms with E-state index in [0.29, 0.717) is 10.6 Å². The van der Waals surface area contributed by atoms with Gasteiger partial charge in [-0.3, -0.25) is 24.0 Å². The number of nitro benzene ring substituents is 1. The van der Waals surface area contributed by atoms with Gasteiger partial charge < -0.3 is 0 Å². The van der Waals surface area contributed by atoms with Crippen LogP contribution in [0.3, 0.4) is 0 Å². The quantitative estimate of drug-likeness (QED) is 0.220. The molecule has 27 heavy (non-hydrogen) atoms. The van der Waals surface area contributed by atoms with E-state index in [-0.39, 0.29) is 28.3 Å². The van der Waals surface area contributed by atoms with Gasteiger partial charge in [-0.15, -0.1) is 6.42 Å². The number of terminal acetylenes is 1. The van der Waals surface area contributed by atoms with E-state index in [9.17, 15) is 19.7 Å². The van der Waals surface area contributed by atoms with Gasteiger partial charge in [-0.2, -0.15) is 0 Å². The van der Waals surface area contributed by atoms with Crippen LogP contribution in [0.5, 0.6) is 0 Å². The Balaban J connectivity index is 2.38. The monoisotopic (exact) mass is 383 g/mol. The molecule has 2 aromatic heterocycles. The second-order valence-electron chi connectivity index (χ2n) is 5.56. The van der Waals surface area contributed by atoms with Crippen molar-refractivity contribution < 1.29 is 4.92 Å². The number of nitro groups is 1. The average molecular weight is 383 g/mol. The summed E-state index contributed by atoms with van der Waals surface area (Å²) in [5, 5.41) is 11.5. The Morgan fingerprint density at radius 1 is 1.26 bits per heavy atom. The van der Waals surface area contributed by atoms with Gasteiger partial charge in [0.15, 0.2) is 11.5 Å². The van der Waals surface area contributed by atoms with Crippen molar-refractivity contribution in [2.24, 2.45) is 14.1 Å². The van der Waals surface area contributed by atoms with Crippen molar-refractivity contribution in [2.45, 2.75) is 5.03 Å². The van der Waals surface area contributed by atoms with E-state index in [4.69, 9.17) is 6.42 Å². The zero-order valence-electron chi connectivity index (χ0n) is 14.4. The summed E-state index contributed by atoms with van der Waals surface area (Å²) in [4.78, 5) is 44.1. The highest BCUT2D eigenvalue weighted by atomic mass is 32.2. The molecule has 0 aliphatic heterocycles. The van der Waals surface area contributed by atoms with Crippen LogP contribution in [-0.2, 0) is 14.1 Å². The standard InChI is InChI=1S/C17H13N5O4S/c1-4-8-27-15-12-14(20(2)17(24)21(3)16(12)23)18-13(19-15)10-6-5-7-11(9-10)22(25)26/h1,5-7,9H,8H2,2-3H3. The normalized spacial score (nSPS) is 10.7. The van der Waals surface area contributed by atoms with E-state index in [0.717, 1.165) is 16.3 Å². The molecule has 0 saturated carbocycles. The highest BCUT2D eigenvalue weighted by Crippen LogP contribution is 2.27. The number of aromatic nitrogens is 4. The Morgan fingerprint density at radius 2 is 2.00 bits per heavy atom. The Bertz CT molecular complexity index is 1240. The summed E-state index contributed by atoms with van der Waals surface area (Å²) in [6.45, 7) is 0. The predicted molar refractivity (Wildman–Crippen MR) is 102 cm³/mol. The van der Waals surface area contributed by atoms with E-state index in [1.54, 1.807) is 6.07 Å². The SMILES string of the molecule is C#CCSc1nc(-c2cccc([N+](=O)[O-])c2)nc2c1c(=O)n(C)c(=O)n2C. The first-order valence-corrected chi connectivity index (χ1v) is 8.62. The van der Waals surface area contributed by atoms with Crippen LogP contribution in [-0.4, -0.2) is 29.8 Å². The molecule has 0 unspecified atom stereocenters. The summed E-state index contributed by atoms with van der Waals surface area (Å²) in [6, 6.07) is 5.81. The van der Waals surface area contributed by atoms with Crippen molar-refractivity contribution in [3.8, 4) is 23.7 Å². The number of hydrogen-bond donors (Lipinski definition) is 0. The first-order valence-electron chi connectivity index (χ1n) is 7.64. The first-order chi connectivity index (χ1) is 12.8. The van der Waals surface area contributed by atoms with Gasteiger partial charge in [-0.25, -0.2) is 14.8 Å². The molecule has 3 aromatic rings. The van der Waals surface area contributed by atoms with Crippen LogP contribution in [0.15, 0.2) is 38.9 Å². The van der Waals surface area contributed by atoms with Crippen molar-refractivity contribution >= 4 is 28.5 Å². The third-order valence-electron chi connectivity index (χ3n) is 3.87. The zero-order valence-corrected chi connectivity index (χ0v) is 15.2. The number of aryl methyl sites for hydroxylation is 1. The lowest BCUT2D eigenvalue weighted by molar-refractivity contribution is -0.384. The van der Waals surface area contributed by atoms with Crippen molar-refractivity contribution in [1.82, 2.24) is 19.1 Å². The van der Waals surface area contributed by atoms with Crippen molar-refractivity contribution in [2.75, 3.05) is 5.75 Å². The third-order valence-corrected chi connectivity index (χ3v) is 4.75. The van der Waals surface area contributed by atoms with Crippen LogP contribution in [0, 0.1) is 22.5 Å². The first kappa shape index (κ1) is 18.3. The molecule has 0 radical (unpaired) electrons. The Morgan fingerprint density at radius 3 is 2.67 bits per heavy atom. The molecule has 1 aromatic carbocycles. The number of fused-ring (bicyclic) bond motifs is 1. The van der Waals surface area contributed by atoms with Gasteiger partial charge in [-0.1, -0.05) is 29.8 Å².